The minimum Gasteiger partial charge on any atom is -0.481 e. The van der Waals surface area contributed by atoms with Gasteiger partial charge in [-0.25, -0.2) is 0 Å². The van der Waals surface area contributed by atoms with Crippen LogP contribution in [0, 0.1) is 6.92 Å². The zero-order valence-electron chi connectivity index (χ0n) is 16.0. The molecule has 0 aromatic heterocycles. The zero-order chi connectivity index (χ0) is 19.2. The van der Waals surface area contributed by atoms with Gasteiger partial charge in [-0.1, -0.05) is 48.9 Å². The quantitative estimate of drug-likeness (QED) is 0.747. The molecule has 1 aliphatic heterocycles. The van der Waals surface area contributed by atoms with E-state index < -0.39 is 6.10 Å². The van der Waals surface area contributed by atoms with Gasteiger partial charge in [-0.15, -0.1) is 0 Å². The SMILES string of the molecule is CCC(Oc1ccc(Cl)c(C)c1)C(=O)N1CCN(Cc2ccccc2)CC1. The number of aryl methyl sites for hydroxylation is 1. The van der Waals surface area contributed by atoms with E-state index in [1.165, 1.54) is 5.56 Å². The van der Waals surface area contributed by atoms with Crippen LogP contribution in [-0.4, -0.2) is 48.0 Å². The lowest BCUT2D eigenvalue weighted by Crippen LogP contribution is -2.52. The largest absolute Gasteiger partial charge is 0.481 e. The number of benzene rings is 2. The molecule has 27 heavy (non-hydrogen) atoms. The number of amides is 1. The van der Waals surface area contributed by atoms with Gasteiger partial charge in [-0.2, -0.15) is 0 Å². The van der Waals surface area contributed by atoms with Crippen molar-refractivity contribution in [3.05, 3.63) is 64.7 Å². The van der Waals surface area contributed by atoms with E-state index in [4.69, 9.17) is 16.3 Å². The predicted molar refractivity (Wildman–Crippen MR) is 109 cm³/mol. The van der Waals surface area contributed by atoms with Crippen LogP contribution < -0.4 is 4.74 Å². The van der Waals surface area contributed by atoms with E-state index in [2.05, 4.69) is 29.2 Å². The molecule has 0 radical (unpaired) electrons. The number of rotatable bonds is 6. The highest BCUT2D eigenvalue weighted by Gasteiger charge is 2.28. The fourth-order valence-electron chi connectivity index (χ4n) is 3.33. The van der Waals surface area contributed by atoms with Gasteiger partial charge in [0.05, 0.1) is 0 Å². The lowest BCUT2D eigenvalue weighted by atomic mass is 10.1. The van der Waals surface area contributed by atoms with E-state index in [1.54, 1.807) is 0 Å². The Morgan fingerprint density at radius 3 is 2.44 bits per heavy atom. The van der Waals surface area contributed by atoms with Crippen LogP contribution in [0.4, 0.5) is 0 Å². The summed E-state index contributed by atoms with van der Waals surface area (Å²) in [5.41, 5.74) is 2.26. The molecular weight excluding hydrogens is 360 g/mol. The summed E-state index contributed by atoms with van der Waals surface area (Å²) in [6, 6.07) is 16.0. The van der Waals surface area contributed by atoms with Gasteiger partial charge >= 0.3 is 0 Å². The molecule has 144 valence electrons. The molecule has 0 saturated carbocycles. The van der Waals surface area contributed by atoms with Gasteiger partial charge in [0.2, 0.25) is 0 Å². The highest BCUT2D eigenvalue weighted by Crippen LogP contribution is 2.23. The average molecular weight is 387 g/mol. The molecule has 1 saturated heterocycles. The Bertz CT molecular complexity index is 758. The standard InChI is InChI=1S/C22H27ClN2O2/c1-3-21(27-19-9-10-20(23)17(2)15-19)22(26)25-13-11-24(12-14-25)16-18-7-5-4-6-8-18/h4-10,15,21H,3,11-14,16H2,1-2H3. The van der Waals surface area contributed by atoms with E-state index in [0.29, 0.717) is 17.2 Å². The molecule has 0 N–H and O–H groups in total. The van der Waals surface area contributed by atoms with E-state index in [-0.39, 0.29) is 5.91 Å². The Morgan fingerprint density at radius 1 is 1.11 bits per heavy atom. The summed E-state index contributed by atoms with van der Waals surface area (Å²) >= 11 is 6.07. The third kappa shape index (κ3) is 5.24. The zero-order valence-corrected chi connectivity index (χ0v) is 16.8. The van der Waals surface area contributed by atoms with Crippen molar-refractivity contribution >= 4 is 17.5 Å². The van der Waals surface area contributed by atoms with Crippen LogP contribution in [0.5, 0.6) is 5.75 Å². The Kier molecular flexibility index (Phi) is 6.75. The molecule has 1 amide bonds. The molecule has 2 aromatic carbocycles. The maximum absolute atomic E-state index is 12.9. The van der Waals surface area contributed by atoms with Crippen LogP contribution in [0.3, 0.4) is 0 Å². The number of hydrogen-bond acceptors (Lipinski definition) is 3. The fraction of sp³-hybridized carbons (Fsp3) is 0.409. The van der Waals surface area contributed by atoms with Crippen LogP contribution in [0.15, 0.2) is 48.5 Å². The molecular formula is C22H27ClN2O2. The monoisotopic (exact) mass is 386 g/mol. The molecule has 1 heterocycles. The molecule has 1 atom stereocenters. The van der Waals surface area contributed by atoms with Gasteiger partial charge in [0.15, 0.2) is 6.10 Å². The van der Waals surface area contributed by atoms with E-state index >= 15 is 0 Å². The predicted octanol–water partition coefficient (Wildman–Crippen LogP) is 4.15. The lowest BCUT2D eigenvalue weighted by molar-refractivity contribution is -0.140. The highest BCUT2D eigenvalue weighted by atomic mass is 35.5. The van der Waals surface area contributed by atoms with Crippen molar-refractivity contribution in [1.82, 2.24) is 9.80 Å². The maximum Gasteiger partial charge on any atom is 0.263 e. The highest BCUT2D eigenvalue weighted by molar-refractivity contribution is 6.31. The van der Waals surface area contributed by atoms with Crippen LogP contribution in [0.25, 0.3) is 0 Å². The summed E-state index contributed by atoms with van der Waals surface area (Å²) in [6.45, 7) is 8.10. The summed E-state index contributed by atoms with van der Waals surface area (Å²) < 4.78 is 5.97. The Hall–Kier alpha value is -2.04. The maximum atomic E-state index is 12.9. The second-order valence-electron chi connectivity index (χ2n) is 7.01. The molecule has 4 nitrogen and oxygen atoms in total. The molecule has 0 spiro atoms. The molecule has 3 rings (SSSR count). The van der Waals surface area contributed by atoms with Gasteiger partial charge in [-0.05, 0) is 42.7 Å². The third-order valence-corrected chi connectivity index (χ3v) is 5.41. The van der Waals surface area contributed by atoms with E-state index in [0.717, 1.165) is 38.3 Å². The van der Waals surface area contributed by atoms with Crippen LogP contribution in [0.1, 0.15) is 24.5 Å². The van der Waals surface area contributed by atoms with Crippen molar-refractivity contribution in [2.75, 3.05) is 26.2 Å². The van der Waals surface area contributed by atoms with Crippen molar-refractivity contribution in [2.45, 2.75) is 32.9 Å². The first-order valence-corrected chi connectivity index (χ1v) is 9.92. The van der Waals surface area contributed by atoms with E-state index in [1.807, 2.05) is 43.0 Å². The first kappa shape index (κ1) is 19.7. The Balaban J connectivity index is 1.54. The number of piperazine rings is 1. The van der Waals surface area contributed by atoms with Crippen molar-refractivity contribution in [2.24, 2.45) is 0 Å². The summed E-state index contributed by atoms with van der Waals surface area (Å²) in [5.74, 6) is 0.768. The first-order chi connectivity index (χ1) is 13.1. The average Bonchev–Trinajstić information content (AvgIpc) is 2.69. The number of hydrogen-bond donors (Lipinski definition) is 0. The van der Waals surface area contributed by atoms with Crippen LogP contribution in [-0.2, 0) is 11.3 Å². The Morgan fingerprint density at radius 2 is 1.81 bits per heavy atom. The number of ether oxygens (including phenoxy) is 1. The van der Waals surface area contributed by atoms with Crippen LogP contribution >= 0.6 is 11.6 Å². The number of carbonyl (C=O) groups excluding carboxylic acids is 1. The van der Waals surface area contributed by atoms with E-state index in [9.17, 15) is 4.79 Å². The van der Waals surface area contributed by atoms with Crippen molar-refractivity contribution in [1.29, 1.82) is 0 Å². The van der Waals surface area contributed by atoms with Crippen molar-refractivity contribution in [3.8, 4) is 5.75 Å². The summed E-state index contributed by atoms with van der Waals surface area (Å²) in [7, 11) is 0. The second kappa shape index (κ2) is 9.25. The molecule has 5 heteroatoms. The van der Waals surface area contributed by atoms with Gasteiger partial charge in [0, 0.05) is 37.7 Å². The molecule has 2 aromatic rings. The Labute approximate surface area is 166 Å². The molecule has 0 aliphatic carbocycles. The number of halogens is 1. The van der Waals surface area contributed by atoms with Gasteiger partial charge in [-0.3, -0.25) is 9.69 Å². The minimum absolute atomic E-state index is 0.0736. The molecule has 1 unspecified atom stereocenters. The number of nitrogens with zero attached hydrogens (tertiary/aromatic N) is 2. The van der Waals surface area contributed by atoms with Crippen molar-refractivity contribution in [3.63, 3.8) is 0 Å². The van der Waals surface area contributed by atoms with Crippen LogP contribution in [0.2, 0.25) is 5.02 Å². The summed E-state index contributed by atoms with van der Waals surface area (Å²) in [5, 5.41) is 0.705. The molecule has 0 bridgehead atoms. The normalized spacial score (nSPS) is 16.2. The topological polar surface area (TPSA) is 32.8 Å². The van der Waals surface area contributed by atoms with Crippen molar-refractivity contribution < 1.29 is 9.53 Å². The first-order valence-electron chi connectivity index (χ1n) is 9.54. The lowest BCUT2D eigenvalue weighted by Gasteiger charge is -2.36. The number of carbonyl (C=O) groups is 1. The second-order valence-corrected chi connectivity index (χ2v) is 7.42. The molecule has 1 aliphatic rings. The van der Waals surface area contributed by atoms with Gasteiger partial charge in [0.25, 0.3) is 5.91 Å². The summed E-state index contributed by atoms with van der Waals surface area (Å²) in [4.78, 5) is 17.2. The van der Waals surface area contributed by atoms with Gasteiger partial charge < -0.3 is 9.64 Å². The smallest absolute Gasteiger partial charge is 0.263 e. The minimum atomic E-state index is -0.453. The fourth-order valence-corrected chi connectivity index (χ4v) is 3.45. The van der Waals surface area contributed by atoms with Gasteiger partial charge in [0.1, 0.15) is 5.75 Å². The summed E-state index contributed by atoms with van der Waals surface area (Å²) in [6.07, 6.45) is 0.191. The third-order valence-electron chi connectivity index (χ3n) is 4.99. The molecule has 1 fully saturated rings.